The van der Waals surface area contributed by atoms with Crippen molar-refractivity contribution in [3.05, 3.63) is 53.3 Å². The number of benzene rings is 1. The number of aliphatic hydroxyl groups excluding tert-OH is 1. The Kier molecular flexibility index (Phi) is 21.0. The molecule has 2 aliphatic rings. The van der Waals surface area contributed by atoms with Gasteiger partial charge in [-0.3, -0.25) is 24.0 Å². The number of aryl methyl sites for hydroxylation is 1. The van der Waals surface area contributed by atoms with Crippen LogP contribution in [0.2, 0.25) is 0 Å². The largest absolute Gasteiger partial charge is 0.495 e. The third kappa shape index (κ3) is 16.4. The quantitative estimate of drug-likeness (QED) is 0.0447. The molecule has 0 radical (unpaired) electrons. The van der Waals surface area contributed by atoms with Gasteiger partial charge in [0.2, 0.25) is 35.8 Å². The van der Waals surface area contributed by atoms with Crippen LogP contribution in [0, 0.1) is 11.8 Å². The molecule has 390 valence electrons. The molecule has 5 amide bonds. The Bertz CT molecular complexity index is 2350. The van der Waals surface area contributed by atoms with Crippen molar-refractivity contribution in [2.24, 2.45) is 11.8 Å². The van der Waals surface area contributed by atoms with Gasteiger partial charge in [0, 0.05) is 75.7 Å². The minimum Gasteiger partial charge on any atom is -0.479 e. The Balaban J connectivity index is 0.951. The first-order chi connectivity index (χ1) is 33.8. The lowest BCUT2D eigenvalue weighted by Crippen LogP contribution is -2.51. The number of carbonyl (C=O) groups is 7. The number of carboxylic acid groups (broad SMARTS) is 1. The minimum absolute atomic E-state index is 0.0219. The van der Waals surface area contributed by atoms with Crippen LogP contribution >= 0.6 is 0 Å². The molecule has 0 spiro atoms. The average Bonchev–Trinajstić information content (AvgIpc) is 3.62. The molecule has 5 atom stereocenters. The number of fused-ring (bicyclic) bond motifs is 3. The second-order valence-electron chi connectivity index (χ2n) is 17.9. The van der Waals surface area contributed by atoms with Crippen molar-refractivity contribution >= 4 is 58.4 Å². The van der Waals surface area contributed by atoms with Gasteiger partial charge in [-0.25, -0.2) is 24.6 Å². The summed E-state index contributed by atoms with van der Waals surface area (Å²) in [7, 11) is 4.13. The number of halogens is 1. The number of ether oxygens (including phenoxy) is 5. The molecule has 0 saturated carbocycles. The molecule has 5 rings (SSSR count). The van der Waals surface area contributed by atoms with Gasteiger partial charge in [0.05, 0.1) is 63.9 Å². The number of aliphatic carboxylic acids is 1. The van der Waals surface area contributed by atoms with Gasteiger partial charge in [-0.05, 0) is 41.7 Å². The summed E-state index contributed by atoms with van der Waals surface area (Å²) in [5.41, 5.74) is 3.48. The summed E-state index contributed by atoms with van der Waals surface area (Å²) >= 11 is 0. The summed E-state index contributed by atoms with van der Waals surface area (Å²) < 4.78 is 41.4. The molecule has 1 fully saturated rings. The van der Waals surface area contributed by atoms with E-state index in [4.69, 9.17) is 18.9 Å². The standard InChI is InChI=1S/C47H66FN9O14/c1-27(2)42(45(63)52-24-39(62)53-32-10-9-29(26-69-47(48)66)20-34(32)70-40-22-30(58)21-35(71-40)46(64)65)54-37(60)12-16-67-18-19-68-17-14-49-38(61)23-51-36(59)11-15-57-33-25-55(5)56(6)43(28(3)4)41(33)31-8-7-13-50-44(31)57/h7-10,13,20,27-28,30,35,40,42-43,58H,11-12,14-19,21-26H2,1-6H3,(H,49,61)(H,51,59)(H,52,63)(H,53,62)(H,54,60)(H,64,65). The lowest BCUT2D eigenvalue weighted by atomic mass is 9.92. The van der Waals surface area contributed by atoms with Crippen LogP contribution in [0.15, 0.2) is 36.5 Å². The maximum Gasteiger partial charge on any atom is 0.495 e. The van der Waals surface area contributed by atoms with Crippen molar-refractivity contribution < 1.29 is 71.8 Å². The molecular formula is C47H66FN9O14. The number of aromatic nitrogens is 2. The van der Waals surface area contributed by atoms with E-state index in [9.17, 15) is 48.2 Å². The summed E-state index contributed by atoms with van der Waals surface area (Å²) in [6, 6.07) is 7.20. The molecular weight excluding hydrogens is 934 g/mol. The van der Waals surface area contributed by atoms with Crippen molar-refractivity contribution in [3.63, 3.8) is 0 Å². The molecule has 71 heavy (non-hydrogen) atoms. The van der Waals surface area contributed by atoms with Gasteiger partial charge in [0.25, 0.3) is 0 Å². The number of pyridine rings is 1. The Morgan fingerprint density at radius 1 is 0.887 bits per heavy atom. The number of hydrogen-bond acceptors (Lipinski definition) is 16. The molecule has 1 aromatic carbocycles. The fourth-order valence-corrected chi connectivity index (χ4v) is 8.26. The normalized spacial score (nSPS) is 18.6. The number of anilines is 1. The van der Waals surface area contributed by atoms with Crippen LogP contribution in [-0.4, -0.2) is 156 Å². The molecule has 3 aromatic rings. The molecule has 2 aliphatic heterocycles. The van der Waals surface area contributed by atoms with Crippen LogP contribution < -0.4 is 31.3 Å². The van der Waals surface area contributed by atoms with Gasteiger partial charge in [0.15, 0.2) is 6.10 Å². The van der Waals surface area contributed by atoms with Crippen LogP contribution in [-0.2, 0) is 67.4 Å². The monoisotopic (exact) mass is 999 g/mol. The molecule has 4 heterocycles. The van der Waals surface area contributed by atoms with E-state index in [1.807, 2.05) is 13.1 Å². The molecule has 1 saturated heterocycles. The number of nitrogens with one attached hydrogen (secondary N) is 5. The molecule has 23 nitrogen and oxygen atoms in total. The molecule has 24 heteroatoms. The van der Waals surface area contributed by atoms with Gasteiger partial charge in [0.1, 0.15) is 24.0 Å². The highest BCUT2D eigenvalue weighted by atomic mass is 19.1. The second kappa shape index (κ2) is 26.8. The Morgan fingerprint density at radius 2 is 1.62 bits per heavy atom. The highest BCUT2D eigenvalue weighted by molar-refractivity contribution is 5.97. The van der Waals surface area contributed by atoms with E-state index in [0.29, 0.717) is 19.0 Å². The average molecular weight is 1000 g/mol. The third-order valence-corrected chi connectivity index (χ3v) is 11.8. The number of aliphatic hydroxyl groups is 1. The first-order valence-electron chi connectivity index (χ1n) is 23.5. The molecule has 7 N–H and O–H groups in total. The molecule has 0 aliphatic carbocycles. The topological polar surface area (TPSA) is 291 Å². The van der Waals surface area contributed by atoms with Crippen LogP contribution in [0.3, 0.4) is 0 Å². The van der Waals surface area contributed by atoms with E-state index in [2.05, 4.69) is 77.9 Å². The van der Waals surface area contributed by atoms with E-state index >= 15 is 0 Å². The van der Waals surface area contributed by atoms with Gasteiger partial charge < -0.3 is 65.0 Å². The summed E-state index contributed by atoms with van der Waals surface area (Å²) in [5.74, 6) is -3.90. The highest BCUT2D eigenvalue weighted by Crippen LogP contribution is 2.41. The van der Waals surface area contributed by atoms with E-state index in [-0.39, 0.29) is 106 Å². The van der Waals surface area contributed by atoms with E-state index < -0.39 is 67.6 Å². The zero-order valence-electron chi connectivity index (χ0n) is 40.9. The van der Waals surface area contributed by atoms with Crippen molar-refractivity contribution in [1.29, 1.82) is 0 Å². The van der Waals surface area contributed by atoms with Crippen molar-refractivity contribution in [3.8, 4) is 5.75 Å². The minimum atomic E-state index is -2.03. The van der Waals surface area contributed by atoms with E-state index in [0.717, 1.165) is 16.7 Å². The number of hydrogen-bond donors (Lipinski definition) is 7. The van der Waals surface area contributed by atoms with Crippen molar-refractivity contribution in [2.45, 2.75) is 104 Å². The molecule has 0 bridgehead atoms. The fourth-order valence-electron chi connectivity index (χ4n) is 8.26. The van der Waals surface area contributed by atoms with Crippen molar-refractivity contribution in [1.82, 2.24) is 40.8 Å². The number of rotatable bonds is 26. The highest BCUT2D eigenvalue weighted by Gasteiger charge is 2.37. The van der Waals surface area contributed by atoms with Gasteiger partial charge in [-0.1, -0.05) is 33.8 Å². The Hall–Kier alpha value is -6.31. The van der Waals surface area contributed by atoms with E-state index in [1.165, 1.54) is 23.8 Å². The maximum atomic E-state index is 13.1. The fraction of sp³-hybridized carbons (Fsp3) is 0.574. The molecule has 5 unspecified atom stereocenters. The van der Waals surface area contributed by atoms with Crippen LogP contribution in [0.4, 0.5) is 14.9 Å². The zero-order valence-corrected chi connectivity index (χ0v) is 40.9. The summed E-state index contributed by atoms with van der Waals surface area (Å²) in [5, 5.41) is 38.1. The lowest BCUT2D eigenvalue weighted by molar-refractivity contribution is -0.195. The summed E-state index contributed by atoms with van der Waals surface area (Å²) in [6.07, 6.45) is -4.16. The second-order valence-corrected chi connectivity index (χ2v) is 17.9. The van der Waals surface area contributed by atoms with Crippen LogP contribution in [0.5, 0.6) is 5.75 Å². The predicted molar refractivity (Wildman–Crippen MR) is 252 cm³/mol. The van der Waals surface area contributed by atoms with Gasteiger partial charge in [-0.15, -0.1) is 4.39 Å². The van der Waals surface area contributed by atoms with Crippen LogP contribution in [0.1, 0.15) is 76.2 Å². The Morgan fingerprint density at radius 3 is 2.32 bits per heavy atom. The van der Waals surface area contributed by atoms with Gasteiger partial charge in [-0.2, -0.15) is 0 Å². The van der Waals surface area contributed by atoms with Crippen molar-refractivity contribution in [2.75, 3.05) is 65.5 Å². The summed E-state index contributed by atoms with van der Waals surface area (Å²) in [6.45, 7) is 8.42. The summed E-state index contributed by atoms with van der Waals surface area (Å²) in [4.78, 5) is 90.9. The zero-order chi connectivity index (χ0) is 51.8. The first-order valence-corrected chi connectivity index (χ1v) is 23.5. The SMILES string of the molecule is CC(C)C(NC(=O)CCOCCOCCNC(=O)CNC(=O)CCn1c2c(c3cccnc31)C(C(C)C)N(C)N(C)C2)C(=O)NCC(=O)Nc1ccc(COC(=O)F)cc1OC1CC(O)CC(C(=O)O)O1. The lowest BCUT2D eigenvalue weighted by Gasteiger charge is -2.42. The number of carboxylic acids is 1. The molecule has 2 aromatic heterocycles. The smallest absolute Gasteiger partial charge is 0.479 e. The van der Waals surface area contributed by atoms with Crippen LogP contribution in [0.25, 0.3) is 11.0 Å². The number of carbonyl (C=O) groups excluding carboxylic acids is 6. The number of hydrazine groups is 1. The Labute approximate surface area is 410 Å². The van der Waals surface area contributed by atoms with E-state index in [1.54, 1.807) is 20.0 Å². The van der Waals surface area contributed by atoms with Gasteiger partial charge >= 0.3 is 12.2 Å². The number of nitrogens with zero attached hydrogens (tertiary/aromatic N) is 4. The first kappa shape index (κ1) is 55.6. The third-order valence-electron chi connectivity index (χ3n) is 11.8. The number of amides is 5. The maximum absolute atomic E-state index is 13.1. The predicted octanol–water partition coefficient (Wildman–Crippen LogP) is 1.90.